The predicted molar refractivity (Wildman–Crippen MR) is 160 cm³/mol. The lowest BCUT2D eigenvalue weighted by molar-refractivity contribution is -0.137. The molecule has 0 bridgehead atoms. The normalized spacial score (nSPS) is 17.3. The summed E-state index contributed by atoms with van der Waals surface area (Å²) < 4.78 is 75.7. The average molecular weight is 616 g/mol. The van der Waals surface area contributed by atoms with Gasteiger partial charge in [0.25, 0.3) is 0 Å². The maximum absolute atomic E-state index is 14.0. The molecule has 1 aliphatic rings. The number of halogens is 3. The van der Waals surface area contributed by atoms with E-state index in [9.17, 15) is 21.6 Å². The van der Waals surface area contributed by atoms with Crippen molar-refractivity contribution in [2.24, 2.45) is 0 Å². The summed E-state index contributed by atoms with van der Waals surface area (Å²) in [5, 5.41) is 3.67. The lowest BCUT2D eigenvalue weighted by Gasteiger charge is -2.29. The number of alkyl halides is 3. The summed E-state index contributed by atoms with van der Waals surface area (Å²) >= 11 is 5.80. The first-order chi connectivity index (χ1) is 19.8. The van der Waals surface area contributed by atoms with Crippen molar-refractivity contribution in [1.29, 1.82) is 0 Å². The fourth-order valence-electron chi connectivity index (χ4n) is 5.44. The van der Waals surface area contributed by atoms with Crippen LogP contribution in [0.25, 0.3) is 5.69 Å². The standard InChI is InChI=1S/C29H28F3N5O3S2/c1-17-15-20(18(2)36(17)24-11-6-5-9-21(24)29(30,31)32)27-26(22-10-7-8-14-33-22)34-28(41)37(27)19-12-13-25(40-3)23(16-19)35-42(4,38)39/h5-16,26-27,35H,1-4H3,(H,34,41)/t26-,27+/m1/s1. The van der Waals surface area contributed by atoms with E-state index in [-0.39, 0.29) is 11.4 Å². The number of anilines is 2. The predicted octanol–water partition coefficient (Wildman–Crippen LogP) is 6.07. The van der Waals surface area contributed by atoms with Gasteiger partial charge in [-0.05, 0) is 80.2 Å². The number of nitrogens with zero attached hydrogens (tertiary/aromatic N) is 3. The molecule has 8 nitrogen and oxygen atoms in total. The van der Waals surface area contributed by atoms with E-state index in [0.29, 0.717) is 33.6 Å². The number of pyridine rings is 1. The van der Waals surface area contributed by atoms with E-state index in [0.717, 1.165) is 17.9 Å². The van der Waals surface area contributed by atoms with Gasteiger partial charge < -0.3 is 19.5 Å². The number of sulfonamides is 1. The van der Waals surface area contributed by atoms with Crippen molar-refractivity contribution in [2.45, 2.75) is 32.1 Å². The Kier molecular flexibility index (Phi) is 7.66. The van der Waals surface area contributed by atoms with E-state index in [1.165, 1.54) is 19.2 Å². The summed E-state index contributed by atoms with van der Waals surface area (Å²) in [7, 11) is -2.21. The number of aromatic nitrogens is 2. The van der Waals surface area contributed by atoms with Crippen molar-refractivity contribution >= 4 is 38.7 Å². The number of hydrogen-bond donors (Lipinski definition) is 2. The molecule has 1 saturated heterocycles. The zero-order chi connectivity index (χ0) is 30.4. The third-order valence-electron chi connectivity index (χ3n) is 7.09. The van der Waals surface area contributed by atoms with Gasteiger partial charge in [0.1, 0.15) is 5.75 Å². The summed E-state index contributed by atoms with van der Waals surface area (Å²) in [6, 6.07) is 16.7. The van der Waals surface area contributed by atoms with E-state index in [2.05, 4.69) is 15.0 Å². The summed E-state index contributed by atoms with van der Waals surface area (Å²) in [6.07, 6.45) is -1.86. The number of rotatable bonds is 7. The highest BCUT2D eigenvalue weighted by Gasteiger charge is 2.43. The van der Waals surface area contributed by atoms with Gasteiger partial charge in [-0.15, -0.1) is 0 Å². The Morgan fingerprint density at radius 1 is 1.05 bits per heavy atom. The van der Waals surface area contributed by atoms with Crippen LogP contribution in [0.3, 0.4) is 0 Å². The molecule has 0 radical (unpaired) electrons. The van der Waals surface area contributed by atoms with Crippen molar-refractivity contribution in [3.05, 3.63) is 101 Å². The zero-order valence-electron chi connectivity index (χ0n) is 23.1. The monoisotopic (exact) mass is 615 g/mol. The van der Waals surface area contributed by atoms with Crippen molar-refractivity contribution in [1.82, 2.24) is 14.9 Å². The summed E-state index contributed by atoms with van der Waals surface area (Å²) in [4.78, 5) is 6.36. The number of ether oxygens (including phenoxy) is 1. The van der Waals surface area contributed by atoms with Crippen LogP contribution in [-0.4, -0.2) is 36.4 Å². The quantitative estimate of drug-likeness (QED) is 0.244. The number of methoxy groups -OCH3 is 1. The highest BCUT2D eigenvalue weighted by Crippen LogP contribution is 2.46. The third kappa shape index (κ3) is 5.53. The van der Waals surface area contributed by atoms with Crippen LogP contribution in [-0.2, 0) is 16.2 Å². The molecule has 13 heteroatoms. The molecule has 0 amide bonds. The molecule has 3 heterocycles. The molecular formula is C29H28F3N5O3S2. The van der Waals surface area contributed by atoms with Gasteiger partial charge in [0, 0.05) is 23.3 Å². The van der Waals surface area contributed by atoms with Crippen LogP contribution in [0.2, 0.25) is 0 Å². The Morgan fingerprint density at radius 3 is 2.40 bits per heavy atom. The van der Waals surface area contributed by atoms with Gasteiger partial charge in [0.15, 0.2) is 5.11 Å². The minimum Gasteiger partial charge on any atom is -0.495 e. The molecule has 2 aromatic carbocycles. The van der Waals surface area contributed by atoms with Gasteiger partial charge in [-0.25, -0.2) is 8.42 Å². The number of benzene rings is 2. The fourth-order valence-corrected chi connectivity index (χ4v) is 6.35. The Bertz CT molecular complexity index is 1760. The molecule has 0 unspecified atom stereocenters. The highest BCUT2D eigenvalue weighted by molar-refractivity contribution is 7.92. The van der Waals surface area contributed by atoms with Gasteiger partial charge in [0.05, 0.1) is 48.1 Å². The summed E-state index contributed by atoms with van der Waals surface area (Å²) in [5.41, 5.74) is 2.62. The third-order valence-corrected chi connectivity index (χ3v) is 8.00. The van der Waals surface area contributed by atoms with Crippen molar-refractivity contribution in [3.63, 3.8) is 0 Å². The van der Waals surface area contributed by atoms with Gasteiger partial charge in [-0.3, -0.25) is 9.71 Å². The number of thiocarbonyl (C=S) groups is 1. The first kappa shape index (κ1) is 29.4. The van der Waals surface area contributed by atoms with Crippen LogP contribution in [0.1, 0.15) is 40.3 Å². The van der Waals surface area contributed by atoms with Crippen molar-refractivity contribution in [3.8, 4) is 11.4 Å². The second-order valence-corrected chi connectivity index (χ2v) is 12.1. The maximum Gasteiger partial charge on any atom is 0.418 e. The molecule has 0 saturated carbocycles. The summed E-state index contributed by atoms with van der Waals surface area (Å²) in [5.74, 6) is 0.307. The van der Waals surface area contributed by atoms with Crippen molar-refractivity contribution in [2.75, 3.05) is 23.0 Å². The van der Waals surface area contributed by atoms with Crippen molar-refractivity contribution < 1.29 is 26.3 Å². The lowest BCUT2D eigenvalue weighted by atomic mass is 9.96. The number of para-hydroxylation sites is 1. The topological polar surface area (TPSA) is 88.5 Å². The summed E-state index contributed by atoms with van der Waals surface area (Å²) in [6.45, 7) is 3.53. The highest BCUT2D eigenvalue weighted by atomic mass is 32.2. The van der Waals surface area contributed by atoms with Crippen LogP contribution >= 0.6 is 12.2 Å². The van der Waals surface area contributed by atoms with Crippen LogP contribution in [0.4, 0.5) is 24.5 Å². The largest absolute Gasteiger partial charge is 0.495 e. The van der Waals surface area contributed by atoms with Crippen LogP contribution in [0.15, 0.2) is 72.9 Å². The van der Waals surface area contributed by atoms with Crippen LogP contribution in [0.5, 0.6) is 5.75 Å². The second-order valence-electron chi connectivity index (χ2n) is 9.93. The molecule has 1 fully saturated rings. The second kappa shape index (κ2) is 11.0. The Labute approximate surface area is 247 Å². The zero-order valence-corrected chi connectivity index (χ0v) is 24.7. The molecule has 4 aromatic rings. The van der Waals surface area contributed by atoms with Gasteiger partial charge in [0.2, 0.25) is 10.0 Å². The number of aryl methyl sites for hydroxylation is 1. The molecule has 2 atom stereocenters. The molecule has 5 rings (SSSR count). The smallest absolute Gasteiger partial charge is 0.418 e. The van der Waals surface area contributed by atoms with E-state index in [4.69, 9.17) is 17.0 Å². The minimum atomic E-state index is -4.55. The molecular weight excluding hydrogens is 587 g/mol. The van der Waals surface area contributed by atoms with Crippen LogP contribution < -0.4 is 19.7 Å². The fraction of sp³-hybridized carbons (Fsp3) is 0.241. The molecule has 2 aromatic heterocycles. The number of nitrogens with one attached hydrogen (secondary N) is 2. The molecule has 42 heavy (non-hydrogen) atoms. The molecule has 0 aliphatic carbocycles. The Balaban J connectivity index is 1.71. The van der Waals surface area contributed by atoms with Gasteiger partial charge in [-0.1, -0.05) is 18.2 Å². The first-order valence-electron chi connectivity index (χ1n) is 12.8. The van der Waals surface area contributed by atoms with E-state index < -0.39 is 33.8 Å². The Hall–Kier alpha value is -4.10. The minimum absolute atomic E-state index is 0.0183. The average Bonchev–Trinajstić information content (AvgIpc) is 3.42. The van der Waals surface area contributed by atoms with Gasteiger partial charge >= 0.3 is 6.18 Å². The SMILES string of the molecule is COc1ccc(N2C(=S)N[C@H](c3ccccn3)[C@@H]2c2cc(C)n(-c3ccccc3C(F)(F)F)c2C)cc1NS(C)(=O)=O. The Morgan fingerprint density at radius 2 is 1.76 bits per heavy atom. The molecule has 220 valence electrons. The van der Waals surface area contributed by atoms with E-state index in [1.807, 2.05) is 23.1 Å². The molecule has 2 N–H and O–H groups in total. The van der Waals surface area contributed by atoms with Gasteiger partial charge in [-0.2, -0.15) is 13.2 Å². The van der Waals surface area contributed by atoms with Crippen LogP contribution in [0, 0.1) is 13.8 Å². The molecule has 0 spiro atoms. The van der Waals surface area contributed by atoms with E-state index >= 15 is 0 Å². The van der Waals surface area contributed by atoms with E-state index in [1.54, 1.807) is 54.9 Å². The molecule has 1 aliphatic heterocycles. The number of hydrogen-bond acceptors (Lipinski definition) is 5. The maximum atomic E-state index is 14.0. The first-order valence-corrected chi connectivity index (χ1v) is 15.1. The lowest BCUT2D eigenvalue weighted by Crippen LogP contribution is -2.29.